The van der Waals surface area contributed by atoms with E-state index in [0.717, 1.165) is 17.7 Å². The molecule has 1 aliphatic rings. The molecule has 3 rings (SSSR count). The normalized spacial score (nSPS) is 16.1. The molecule has 1 atom stereocenters. The average molecular weight is 457 g/mol. The number of rotatable bonds is 7. The number of nitrogens with one attached hydrogen (secondary N) is 2. The van der Waals surface area contributed by atoms with E-state index in [1.54, 1.807) is 6.07 Å². The summed E-state index contributed by atoms with van der Waals surface area (Å²) in [5.74, 6) is -0.898. The topological polar surface area (TPSA) is 91.4 Å². The molecule has 0 saturated heterocycles. The molecule has 2 amide bonds. The van der Waals surface area contributed by atoms with Gasteiger partial charge in [0.15, 0.2) is 10.9 Å². The number of amides is 2. The third-order valence-electron chi connectivity index (χ3n) is 5.75. The molecule has 32 heavy (non-hydrogen) atoms. The summed E-state index contributed by atoms with van der Waals surface area (Å²) in [4.78, 5) is 45.3. The fourth-order valence-electron chi connectivity index (χ4n) is 4.11. The molecule has 0 spiro atoms. The Balaban J connectivity index is 1.67. The fourth-order valence-corrected chi connectivity index (χ4v) is 5.05. The first-order chi connectivity index (χ1) is 15.0. The number of carbonyl (C=O) groups is 3. The highest BCUT2D eigenvalue weighted by Gasteiger charge is 2.34. The number of benzene rings is 1. The molecule has 0 radical (unpaired) electrons. The first kappa shape index (κ1) is 24.1. The van der Waals surface area contributed by atoms with E-state index in [-0.39, 0.29) is 29.4 Å². The summed E-state index contributed by atoms with van der Waals surface area (Å²) >= 11 is 1.18. The molecule has 1 aromatic carbocycles. The van der Waals surface area contributed by atoms with E-state index in [9.17, 15) is 14.4 Å². The van der Waals surface area contributed by atoms with Crippen LogP contribution >= 0.6 is 11.3 Å². The molecule has 0 unspecified atom stereocenters. The highest BCUT2D eigenvalue weighted by atomic mass is 32.1. The first-order valence-corrected chi connectivity index (χ1v) is 11.6. The van der Waals surface area contributed by atoms with E-state index in [1.807, 2.05) is 40.1 Å². The molecule has 0 aliphatic heterocycles. The highest BCUT2D eigenvalue weighted by molar-refractivity contribution is 7.17. The number of anilines is 1. The van der Waals surface area contributed by atoms with Crippen molar-refractivity contribution >= 4 is 34.1 Å². The van der Waals surface area contributed by atoms with E-state index >= 15 is 0 Å². The van der Waals surface area contributed by atoms with E-state index in [1.165, 1.54) is 11.3 Å². The van der Waals surface area contributed by atoms with Crippen LogP contribution in [0, 0.1) is 25.2 Å². The summed E-state index contributed by atoms with van der Waals surface area (Å²) in [6, 6.07) is 5.57. The van der Waals surface area contributed by atoms with Gasteiger partial charge < -0.3 is 10.2 Å². The summed E-state index contributed by atoms with van der Waals surface area (Å²) in [6.45, 7) is 9.45. The van der Waals surface area contributed by atoms with E-state index in [0.29, 0.717) is 34.2 Å². The molecule has 2 aromatic rings. The predicted octanol–water partition coefficient (Wildman–Crippen LogP) is 3.46. The van der Waals surface area contributed by atoms with Crippen molar-refractivity contribution < 1.29 is 14.4 Å². The van der Waals surface area contributed by atoms with Gasteiger partial charge in [-0.2, -0.15) is 0 Å². The third-order valence-corrected chi connectivity index (χ3v) is 6.80. The Morgan fingerprint density at radius 1 is 1.22 bits per heavy atom. The van der Waals surface area contributed by atoms with Crippen LogP contribution in [0.3, 0.4) is 0 Å². The quantitative estimate of drug-likeness (QED) is 0.666. The van der Waals surface area contributed by atoms with Crippen LogP contribution in [0.15, 0.2) is 18.2 Å². The van der Waals surface area contributed by atoms with Crippen molar-refractivity contribution in [3.05, 3.63) is 45.5 Å². The SMILES string of the molecule is Cc1cccc(C(=O)Nc2nc3c(s2)C(=O)C[C@H](C(=O)NCC(C)(C)CN(C)C)C3)c1C. The second kappa shape index (κ2) is 9.50. The summed E-state index contributed by atoms with van der Waals surface area (Å²) in [5, 5.41) is 6.22. The first-order valence-electron chi connectivity index (χ1n) is 10.8. The molecule has 0 fully saturated rings. The molecule has 1 aromatic heterocycles. The zero-order valence-electron chi connectivity index (χ0n) is 19.7. The van der Waals surface area contributed by atoms with Crippen molar-refractivity contribution in [2.24, 2.45) is 11.3 Å². The summed E-state index contributed by atoms with van der Waals surface area (Å²) in [7, 11) is 4.01. The van der Waals surface area contributed by atoms with Gasteiger partial charge in [0.1, 0.15) is 0 Å². The van der Waals surface area contributed by atoms with Crippen molar-refractivity contribution in [1.29, 1.82) is 0 Å². The Kier molecular flexibility index (Phi) is 7.15. The molecule has 7 nitrogen and oxygen atoms in total. The Bertz CT molecular complexity index is 1040. The monoisotopic (exact) mass is 456 g/mol. The molecule has 2 N–H and O–H groups in total. The van der Waals surface area contributed by atoms with Crippen molar-refractivity contribution in [2.45, 2.75) is 40.5 Å². The number of Topliss-reactive ketones (excluding diaryl/α,β-unsaturated/α-hetero) is 1. The minimum atomic E-state index is -0.435. The van der Waals surface area contributed by atoms with Crippen LogP contribution in [0.5, 0.6) is 0 Å². The van der Waals surface area contributed by atoms with Gasteiger partial charge in [-0.1, -0.05) is 37.3 Å². The Labute approximate surface area is 193 Å². The third kappa shape index (κ3) is 5.61. The zero-order valence-corrected chi connectivity index (χ0v) is 20.5. The van der Waals surface area contributed by atoms with Crippen LogP contribution in [0.25, 0.3) is 0 Å². The Hall–Kier alpha value is -2.58. The summed E-state index contributed by atoms with van der Waals surface area (Å²) in [5.41, 5.74) is 3.05. The number of aryl methyl sites for hydroxylation is 1. The lowest BCUT2D eigenvalue weighted by atomic mass is 9.88. The largest absolute Gasteiger partial charge is 0.355 e. The second-order valence-corrected chi connectivity index (χ2v) is 10.6. The predicted molar refractivity (Wildman–Crippen MR) is 127 cm³/mol. The molecule has 172 valence electrons. The number of thiazole rings is 1. The van der Waals surface area contributed by atoms with Crippen LogP contribution in [0.4, 0.5) is 5.13 Å². The van der Waals surface area contributed by atoms with Crippen LogP contribution < -0.4 is 10.6 Å². The lowest BCUT2D eigenvalue weighted by molar-refractivity contribution is -0.125. The van der Waals surface area contributed by atoms with Gasteiger partial charge in [-0.05, 0) is 50.6 Å². The number of aromatic nitrogens is 1. The van der Waals surface area contributed by atoms with E-state index in [4.69, 9.17) is 0 Å². The van der Waals surface area contributed by atoms with Crippen molar-refractivity contribution in [2.75, 3.05) is 32.5 Å². The van der Waals surface area contributed by atoms with Crippen molar-refractivity contribution in [1.82, 2.24) is 15.2 Å². The van der Waals surface area contributed by atoms with E-state index in [2.05, 4.69) is 34.4 Å². The maximum absolute atomic E-state index is 12.8. The maximum atomic E-state index is 12.8. The molecule has 0 saturated carbocycles. The van der Waals surface area contributed by atoms with Gasteiger partial charge in [0.2, 0.25) is 5.91 Å². The average Bonchev–Trinajstić information content (AvgIpc) is 3.10. The van der Waals surface area contributed by atoms with Crippen molar-refractivity contribution in [3.8, 4) is 0 Å². The van der Waals surface area contributed by atoms with Gasteiger partial charge in [-0.3, -0.25) is 19.7 Å². The van der Waals surface area contributed by atoms with Gasteiger partial charge >= 0.3 is 0 Å². The molecular formula is C24H32N4O3S. The lowest BCUT2D eigenvalue weighted by Crippen LogP contribution is -2.43. The number of hydrogen-bond acceptors (Lipinski definition) is 6. The van der Waals surface area contributed by atoms with Gasteiger partial charge in [-0.15, -0.1) is 0 Å². The summed E-state index contributed by atoms with van der Waals surface area (Å²) in [6.07, 6.45) is 0.566. The smallest absolute Gasteiger partial charge is 0.257 e. The van der Waals surface area contributed by atoms with Gasteiger partial charge in [0.25, 0.3) is 5.91 Å². The standard InChI is InChI=1S/C24H32N4O3S/c1-14-8-7-9-17(15(14)2)22(31)27-23-26-18-10-16(11-19(29)20(18)32-23)21(30)25-12-24(3,4)13-28(5)6/h7-9,16H,10-13H2,1-6H3,(H,25,30)(H,26,27,31)/t16-/m1/s1. The Morgan fingerprint density at radius 2 is 1.94 bits per heavy atom. The second-order valence-electron chi connectivity index (χ2n) is 9.64. The van der Waals surface area contributed by atoms with Gasteiger partial charge in [0, 0.05) is 31.5 Å². The molecule has 0 bridgehead atoms. The van der Waals surface area contributed by atoms with Gasteiger partial charge in [0.05, 0.1) is 16.5 Å². The maximum Gasteiger partial charge on any atom is 0.257 e. The number of nitrogens with zero attached hydrogens (tertiary/aromatic N) is 2. The number of fused-ring (bicyclic) bond motifs is 1. The van der Waals surface area contributed by atoms with Crippen LogP contribution in [0.1, 0.15) is 57.1 Å². The molecule has 1 heterocycles. The minimum Gasteiger partial charge on any atom is -0.355 e. The van der Waals surface area contributed by atoms with Crippen molar-refractivity contribution in [3.63, 3.8) is 0 Å². The molecular weight excluding hydrogens is 424 g/mol. The summed E-state index contributed by atoms with van der Waals surface area (Å²) < 4.78 is 0. The zero-order chi connectivity index (χ0) is 23.6. The highest BCUT2D eigenvalue weighted by Crippen LogP contribution is 2.33. The van der Waals surface area contributed by atoms with E-state index < -0.39 is 5.92 Å². The van der Waals surface area contributed by atoms with Crippen LogP contribution in [0.2, 0.25) is 0 Å². The molecule has 8 heteroatoms. The molecule has 1 aliphatic carbocycles. The number of carbonyl (C=O) groups excluding carboxylic acids is 3. The minimum absolute atomic E-state index is 0.0744. The van der Waals surface area contributed by atoms with Crippen LogP contribution in [-0.2, 0) is 11.2 Å². The lowest BCUT2D eigenvalue weighted by Gasteiger charge is -2.29. The Morgan fingerprint density at radius 3 is 2.62 bits per heavy atom. The number of ketones is 1. The van der Waals surface area contributed by atoms with Crippen LogP contribution in [-0.4, -0.2) is 54.7 Å². The fraction of sp³-hybridized carbons (Fsp3) is 0.500. The number of hydrogen-bond donors (Lipinski definition) is 2. The van der Waals surface area contributed by atoms with Gasteiger partial charge in [-0.25, -0.2) is 4.98 Å².